The van der Waals surface area contributed by atoms with E-state index in [1.54, 1.807) is 0 Å². The van der Waals surface area contributed by atoms with Crippen LogP contribution in [0.15, 0.2) is 24.3 Å². The lowest BCUT2D eigenvalue weighted by Gasteiger charge is -2.26. The first-order valence-electron chi connectivity index (χ1n) is 6.81. The molecule has 2 rings (SSSR count). The van der Waals surface area contributed by atoms with E-state index >= 15 is 0 Å². The van der Waals surface area contributed by atoms with Gasteiger partial charge in [-0.15, -0.1) is 0 Å². The standard InChI is InChI=1S/C15H23NOS/c1-12(9-17)5-4-8-16-15-11-18-10-13-6-2-3-7-14(13)15/h2-3,6-7,12,15-17H,4-5,8-11H2,1H3. The van der Waals surface area contributed by atoms with E-state index in [0.717, 1.165) is 25.1 Å². The summed E-state index contributed by atoms with van der Waals surface area (Å²) >= 11 is 2.01. The zero-order chi connectivity index (χ0) is 12.8. The van der Waals surface area contributed by atoms with E-state index in [1.165, 1.54) is 16.9 Å². The second kappa shape index (κ2) is 7.17. The monoisotopic (exact) mass is 265 g/mol. The maximum atomic E-state index is 8.99. The number of thioether (sulfide) groups is 1. The number of aliphatic hydroxyl groups is 1. The molecule has 1 aliphatic rings. The Labute approximate surface area is 114 Å². The zero-order valence-electron chi connectivity index (χ0n) is 11.1. The Morgan fingerprint density at radius 2 is 2.28 bits per heavy atom. The minimum absolute atomic E-state index is 0.308. The molecule has 100 valence electrons. The molecule has 1 aromatic rings. The van der Waals surface area contributed by atoms with Crippen LogP contribution in [0, 0.1) is 5.92 Å². The highest BCUT2D eigenvalue weighted by molar-refractivity contribution is 7.98. The number of fused-ring (bicyclic) bond motifs is 1. The third-order valence-electron chi connectivity index (χ3n) is 3.55. The first kappa shape index (κ1) is 13.9. The van der Waals surface area contributed by atoms with Gasteiger partial charge in [-0.05, 0) is 36.4 Å². The van der Waals surface area contributed by atoms with E-state index in [1.807, 2.05) is 11.8 Å². The fraction of sp³-hybridized carbons (Fsp3) is 0.600. The van der Waals surface area contributed by atoms with Crippen molar-refractivity contribution < 1.29 is 5.11 Å². The van der Waals surface area contributed by atoms with Gasteiger partial charge in [-0.1, -0.05) is 31.2 Å². The number of nitrogens with one attached hydrogen (secondary N) is 1. The summed E-state index contributed by atoms with van der Waals surface area (Å²) in [6, 6.07) is 9.26. The van der Waals surface area contributed by atoms with Crippen LogP contribution in [0.4, 0.5) is 0 Å². The summed E-state index contributed by atoms with van der Waals surface area (Å²) in [4.78, 5) is 0. The Kier molecular flexibility index (Phi) is 5.54. The first-order chi connectivity index (χ1) is 8.81. The SMILES string of the molecule is CC(CO)CCCNC1CSCc2ccccc21. The second-order valence-electron chi connectivity index (χ2n) is 5.15. The lowest BCUT2D eigenvalue weighted by Crippen LogP contribution is -2.27. The van der Waals surface area contributed by atoms with Crippen molar-refractivity contribution in [1.29, 1.82) is 0 Å². The van der Waals surface area contributed by atoms with Crippen molar-refractivity contribution in [2.45, 2.75) is 31.6 Å². The van der Waals surface area contributed by atoms with E-state index in [9.17, 15) is 0 Å². The van der Waals surface area contributed by atoms with Crippen LogP contribution in [0.1, 0.15) is 36.9 Å². The number of hydrogen-bond donors (Lipinski definition) is 2. The van der Waals surface area contributed by atoms with Crippen LogP contribution in [-0.4, -0.2) is 24.0 Å². The molecule has 0 saturated carbocycles. The lowest BCUT2D eigenvalue weighted by molar-refractivity contribution is 0.227. The van der Waals surface area contributed by atoms with E-state index in [-0.39, 0.29) is 0 Å². The molecule has 2 atom stereocenters. The number of benzene rings is 1. The van der Waals surface area contributed by atoms with Gasteiger partial charge in [0, 0.05) is 24.2 Å². The van der Waals surface area contributed by atoms with Gasteiger partial charge in [-0.25, -0.2) is 0 Å². The Balaban J connectivity index is 1.81. The molecule has 1 aromatic carbocycles. The highest BCUT2D eigenvalue weighted by Gasteiger charge is 2.19. The van der Waals surface area contributed by atoms with Gasteiger partial charge >= 0.3 is 0 Å². The second-order valence-corrected chi connectivity index (χ2v) is 6.18. The maximum Gasteiger partial charge on any atom is 0.0456 e. The summed E-state index contributed by atoms with van der Waals surface area (Å²) < 4.78 is 0. The summed E-state index contributed by atoms with van der Waals surface area (Å²) in [5.74, 6) is 2.75. The van der Waals surface area contributed by atoms with E-state index in [2.05, 4.69) is 36.5 Å². The van der Waals surface area contributed by atoms with Gasteiger partial charge in [-0.3, -0.25) is 0 Å². The lowest BCUT2D eigenvalue weighted by atomic mass is 10.0. The van der Waals surface area contributed by atoms with Crippen LogP contribution in [-0.2, 0) is 5.75 Å². The van der Waals surface area contributed by atoms with E-state index < -0.39 is 0 Å². The van der Waals surface area contributed by atoms with Gasteiger partial charge in [0.25, 0.3) is 0 Å². The molecule has 1 aliphatic heterocycles. The van der Waals surface area contributed by atoms with Crippen LogP contribution in [0.3, 0.4) is 0 Å². The Hall–Kier alpha value is -0.510. The van der Waals surface area contributed by atoms with Crippen molar-refractivity contribution in [2.75, 3.05) is 18.9 Å². The Bertz CT molecular complexity index is 369. The van der Waals surface area contributed by atoms with Crippen molar-refractivity contribution in [1.82, 2.24) is 5.32 Å². The number of hydrogen-bond acceptors (Lipinski definition) is 3. The molecule has 3 heteroatoms. The topological polar surface area (TPSA) is 32.3 Å². The van der Waals surface area contributed by atoms with Crippen LogP contribution in [0.5, 0.6) is 0 Å². The molecule has 0 bridgehead atoms. The van der Waals surface area contributed by atoms with Gasteiger partial charge in [0.15, 0.2) is 0 Å². The fourth-order valence-corrected chi connectivity index (χ4v) is 3.50. The van der Waals surface area contributed by atoms with E-state index in [4.69, 9.17) is 5.11 Å². The average Bonchev–Trinajstić information content (AvgIpc) is 2.43. The Morgan fingerprint density at radius 1 is 1.44 bits per heavy atom. The smallest absolute Gasteiger partial charge is 0.0456 e. The Morgan fingerprint density at radius 3 is 3.11 bits per heavy atom. The summed E-state index contributed by atoms with van der Waals surface area (Å²) in [7, 11) is 0. The van der Waals surface area contributed by atoms with Gasteiger partial charge in [-0.2, -0.15) is 11.8 Å². The molecule has 2 N–H and O–H groups in total. The predicted molar refractivity (Wildman–Crippen MR) is 78.8 cm³/mol. The van der Waals surface area contributed by atoms with Crippen molar-refractivity contribution >= 4 is 11.8 Å². The summed E-state index contributed by atoms with van der Waals surface area (Å²) in [6.07, 6.45) is 2.25. The summed E-state index contributed by atoms with van der Waals surface area (Å²) in [5, 5.41) is 12.6. The van der Waals surface area contributed by atoms with Crippen molar-refractivity contribution in [3.05, 3.63) is 35.4 Å². The molecular formula is C15H23NOS. The quantitative estimate of drug-likeness (QED) is 0.776. The molecule has 0 fully saturated rings. The predicted octanol–water partition coefficient (Wildman–Crippen LogP) is 2.97. The third kappa shape index (κ3) is 3.74. The third-order valence-corrected chi connectivity index (χ3v) is 4.63. The van der Waals surface area contributed by atoms with Crippen LogP contribution >= 0.6 is 11.8 Å². The molecule has 0 radical (unpaired) electrons. The van der Waals surface area contributed by atoms with Crippen LogP contribution < -0.4 is 5.32 Å². The molecular weight excluding hydrogens is 242 g/mol. The van der Waals surface area contributed by atoms with Crippen molar-refractivity contribution in [3.63, 3.8) is 0 Å². The van der Waals surface area contributed by atoms with Gasteiger partial charge < -0.3 is 10.4 Å². The fourth-order valence-electron chi connectivity index (χ4n) is 2.37. The highest BCUT2D eigenvalue weighted by Crippen LogP contribution is 2.31. The molecule has 0 saturated heterocycles. The number of rotatable bonds is 6. The summed E-state index contributed by atoms with van der Waals surface area (Å²) in [6.45, 7) is 3.46. The average molecular weight is 265 g/mol. The van der Waals surface area contributed by atoms with Gasteiger partial charge in [0.05, 0.1) is 0 Å². The van der Waals surface area contributed by atoms with Crippen LogP contribution in [0.2, 0.25) is 0 Å². The van der Waals surface area contributed by atoms with E-state index in [0.29, 0.717) is 18.6 Å². The van der Waals surface area contributed by atoms with Crippen LogP contribution in [0.25, 0.3) is 0 Å². The molecule has 18 heavy (non-hydrogen) atoms. The minimum Gasteiger partial charge on any atom is -0.396 e. The highest BCUT2D eigenvalue weighted by atomic mass is 32.2. The summed E-state index contributed by atoms with van der Waals surface area (Å²) in [5.41, 5.74) is 2.96. The molecule has 0 amide bonds. The van der Waals surface area contributed by atoms with Gasteiger partial charge in [0.2, 0.25) is 0 Å². The molecule has 0 aromatic heterocycles. The van der Waals surface area contributed by atoms with Crippen molar-refractivity contribution in [3.8, 4) is 0 Å². The molecule has 2 nitrogen and oxygen atoms in total. The molecule has 0 spiro atoms. The van der Waals surface area contributed by atoms with Crippen molar-refractivity contribution in [2.24, 2.45) is 5.92 Å². The number of aliphatic hydroxyl groups excluding tert-OH is 1. The molecule has 2 unspecified atom stereocenters. The normalized spacial score (nSPS) is 20.4. The molecule has 1 heterocycles. The minimum atomic E-state index is 0.308. The maximum absolute atomic E-state index is 8.99. The zero-order valence-corrected chi connectivity index (χ0v) is 11.9. The van der Waals surface area contributed by atoms with Gasteiger partial charge in [0.1, 0.15) is 0 Å². The molecule has 0 aliphatic carbocycles. The largest absolute Gasteiger partial charge is 0.396 e. The first-order valence-corrected chi connectivity index (χ1v) is 7.96.